The number of hydrogen-bond donors (Lipinski definition) is 2. The molecule has 6 heteroatoms. The van der Waals surface area contributed by atoms with E-state index in [0.29, 0.717) is 11.5 Å². The Bertz CT molecular complexity index is 646. The van der Waals surface area contributed by atoms with E-state index in [2.05, 4.69) is 4.90 Å². The van der Waals surface area contributed by atoms with Crippen molar-refractivity contribution in [2.75, 3.05) is 13.1 Å². The minimum Gasteiger partial charge on any atom is -0.504 e. The molecule has 3 aliphatic rings. The van der Waals surface area contributed by atoms with Gasteiger partial charge >= 0.3 is 11.9 Å². The minimum absolute atomic E-state index is 0.235. The van der Waals surface area contributed by atoms with Gasteiger partial charge in [-0.3, -0.25) is 4.90 Å². The molecule has 0 saturated carbocycles. The lowest BCUT2D eigenvalue weighted by Crippen LogP contribution is -2.53. The average Bonchev–Trinajstić information content (AvgIpc) is 2.57. The van der Waals surface area contributed by atoms with Gasteiger partial charge in [0.05, 0.1) is 0 Å². The monoisotopic (exact) mass is 317 g/mol. The van der Waals surface area contributed by atoms with Gasteiger partial charge in [0.2, 0.25) is 0 Å². The second-order valence-electron chi connectivity index (χ2n) is 6.05. The van der Waals surface area contributed by atoms with Crippen LogP contribution in [0.1, 0.15) is 24.8 Å². The first-order chi connectivity index (χ1) is 11.0. The van der Waals surface area contributed by atoms with E-state index in [4.69, 9.17) is 4.74 Å². The van der Waals surface area contributed by atoms with Crippen molar-refractivity contribution in [2.24, 2.45) is 5.92 Å². The maximum absolute atomic E-state index is 12.1. The number of nitrogens with zero attached hydrogens (tertiary/aromatic N) is 1. The number of ether oxygens (including phenoxy) is 1. The quantitative estimate of drug-likeness (QED) is 0.382. The molecule has 0 radical (unpaired) electrons. The number of phenols is 2. The summed E-state index contributed by atoms with van der Waals surface area (Å²) in [4.78, 5) is 26.0. The maximum atomic E-state index is 12.1. The van der Waals surface area contributed by atoms with Crippen LogP contribution in [0.3, 0.4) is 0 Å². The van der Waals surface area contributed by atoms with Crippen LogP contribution in [0.2, 0.25) is 0 Å². The Hall–Kier alpha value is -2.34. The van der Waals surface area contributed by atoms with E-state index < -0.39 is 11.9 Å². The molecule has 2 N–H and O–H groups in total. The number of carbonyl (C=O) groups excluding carboxylic acids is 2. The number of esters is 2. The first kappa shape index (κ1) is 15.6. The van der Waals surface area contributed by atoms with Gasteiger partial charge in [0.1, 0.15) is 6.04 Å². The molecule has 3 aliphatic heterocycles. The van der Waals surface area contributed by atoms with Crippen molar-refractivity contribution in [3.63, 3.8) is 0 Å². The van der Waals surface area contributed by atoms with Gasteiger partial charge in [0, 0.05) is 6.08 Å². The van der Waals surface area contributed by atoms with Crippen LogP contribution in [0.25, 0.3) is 6.08 Å². The zero-order valence-corrected chi connectivity index (χ0v) is 12.6. The highest BCUT2D eigenvalue weighted by Crippen LogP contribution is 2.32. The van der Waals surface area contributed by atoms with Crippen LogP contribution in [0.5, 0.6) is 11.5 Å². The van der Waals surface area contributed by atoms with Gasteiger partial charge in [-0.05, 0) is 62.0 Å². The highest BCUT2D eigenvalue weighted by molar-refractivity contribution is 5.96. The average molecular weight is 317 g/mol. The van der Waals surface area contributed by atoms with E-state index in [1.54, 1.807) is 0 Å². The molecule has 4 rings (SSSR count). The topological polar surface area (TPSA) is 87.1 Å². The van der Waals surface area contributed by atoms with Crippen molar-refractivity contribution in [3.05, 3.63) is 29.8 Å². The summed E-state index contributed by atoms with van der Waals surface area (Å²) in [6.45, 7) is 1.78. The normalized spacial score (nSPS) is 26.3. The fourth-order valence-corrected chi connectivity index (χ4v) is 3.22. The summed E-state index contributed by atoms with van der Waals surface area (Å²) in [5, 5.41) is 18.6. The molecule has 0 aliphatic carbocycles. The lowest BCUT2D eigenvalue weighted by Gasteiger charge is -2.43. The van der Waals surface area contributed by atoms with E-state index in [1.807, 2.05) is 0 Å². The van der Waals surface area contributed by atoms with Crippen LogP contribution in [0, 0.1) is 5.92 Å². The molecule has 3 heterocycles. The fraction of sp³-hybridized carbons (Fsp3) is 0.412. The summed E-state index contributed by atoms with van der Waals surface area (Å²) in [5.41, 5.74) is 0.519. The van der Waals surface area contributed by atoms with Gasteiger partial charge in [0.15, 0.2) is 11.5 Å². The van der Waals surface area contributed by atoms with Gasteiger partial charge in [-0.2, -0.15) is 0 Å². The molecule has 2 bridgehead atoms. The van der Waals surface area contributed by atoms with Gasteiger partial charge in [-0.1, -0.05) is 6.07 Å². The molecule has 0 aromatic heterocycles. The highest BCUT2D eigenvalue weighted by atomic mass is 16.6. The Morgan fingerprint density at radius 1 is 1.17 bits per heavy atom. The number of rotatable bonds is 3. The van der Waals surface area contributed by atoms with Crippen molar-refractivity contribution in [3.8, 4) is 11.5 Å². The first-order valence-electron chi connectivity index (χ1n) is 7.72. The zero-order valence-electron chi connectivity index (χ0n) is 12.6. The number of carbonyl (C=O) groups is 2. The van der Waals surface area contributed by atoms with Crippen LogP contribution in [0.15, 0.2) is 24.3 Å². The summed E-state index contributed by atoms with van der Waals surface area (Å²) >= 11 is 0. The zero-order chi connectivity index (χ0) is 16.4. The Morgan fingerprint density at radius 3 is 2.52 bits per heavy atom. The number of phenolic OH excluding ortho intramolecular Hbond substituents is 2. The summed E-state index contributed by atoms with van der Waals surface area (Å²) in [6.07, 6.45) is 5.55. The van der Waals surface area contributed by atoms with Gasteiger partial charge < -0.3 is 14.9 Å². The molecule has 23 heavy (non-hydrogen) atoms. The molecule has 3 saturated heterocycles. The first-order valence-corrected chi connectivity index (χ1v) is 7.72. The summed E-state index contributed by atoms with van der Waals surface area (Å²) in [7, 11) is 0. The van der Waals surface area contributed by atoms with Crippen LogP contribution in [0.4, 0.5) is 0 Å². The summed E-state index contributed by atoms with van der Waals surface area (Å²) in [6, 6.07) is 3.86. The molecule has 6 nitrogen and oxygen atoms in total. The van der Waals surface area contributed by atoms with E-state index in [9.17, 15) is 19.8 Å². The Morgan fingerprint density at radius 2 is 1.91 bits per heavy atom. The molecular formula is C17H19NO5. The fourth-order valence-electron chi connectivity index (χ4n) is 3.22. The third-order valence-electron chi connectivity index (χ3n) is 4.53. The number of fused-ring (bicyclic) bond motifs is 3. The number of benzene rings is 1. The molecule has 0 spiro atoms. The SMILES string of the molecule is O=C(/C=C/c1ccc(O)c(O)c1)OC(=O)C1CC2CCN1CC2. The van der Waals surface area contributed by atoms with E-state index in [1.165, 1.54) is 24.3 Å². The number of aromatic hydroxyl groups is 2. The summed E-state index contributed by atoms with van der Waals surface area (Å²) in [5.74, 6) is -1.17. The molecule has 1 atom stereocenters. The molecule has 1 unspecified atom stereocenters. The largest absolute Gasteiger partial charge is 0.504 e. The van der Waals surface area contributed by atoms with Gasteiger partial charge in [0.25, 0.3) is 0 Å². The predicted molar refractivity (Wildman–Crippen MR) is 82.6 cm³/mol. The predicted octanol–water partition coefficient (Wildman–Crippen LogP) is 1.67. The lowest BCUT2D eigenvalue weighted by atomic mass is 9.83. The highest BCUT2D eigenvalue weighted by Gasteiger charge is 2.38. The maximum Gasteiger partial charge on any atom is 0.338 e. The van der Waals surface area contributed by atoms with E-state index >= 15 is 0 Å². The van der Waals surface area contributed by atoms with Crippen molar-refractivity contribution < 1.29 is 24.5 Å². The number of hydrogen-bond acceptors (Lipinski definition) is 6. The third kappa shape index (κ3) is 3.53. The second kappa shape index (κ2) is 6.42. The van der Waals surface area contributed by atoms with Crippen LogP contribution >= 0.6 is 0 Å². The molecule has 3 fully saturated rings. The smallest absolute Gasteiger partial charge is 0.338 e. The standard InChI is InChI=1S/C17H19NO5/c19-14-3-1-11(10-15(14)20)2-4-16(21)23-17(22)13-9-12-5-7-18(13)8-6-12/h1-4,10,12-13,19-20H,5-9H2/b4-2+. The second-order valence-corrected chi connectivity index (χ2v) is 6.05. The third-order valence-corrected chi connectivity index (χ3v) is 4.53. The lowest BCUT2D eigenvalue weighted by molar-refractivity contribution is -0.163. The van der Waals surface area contributed by atoms with Crippen molar-refractivity contribution in [1.29, 1.82) is 0 Å². The molecule has 1 aromatic carbocycles. The van der Waals surface area contributed by atoms with Crippen LogP contribution in [-0.4, -0.2) is 46.2 Å². The Labute approximate surface area is 134 Å². The van der Waals surface area contributed by atoms with Crippen molar-refractivity contribution in [1.82, 2.24) is 4.90 Å². The van der Waals surface area contributed by atoms with Crippen molar-refractivity contribution in [2.45, 2.75) is 25.3 Å². The molecule has 122 valence electrons. The molecular weight excluding hydrogens is 298 g/mol. The van der Waals surface area contributed by atoms with E-state index in [0.717, 1.165) is 38.4 Å². The van der Waals surface area contributed by atoms with Gasteiger partial charge in [-0.15, -0.1) is 0 Å². The summed E-state index contributed by atoms with van der Waals surface area (Å²) < 4.78 is 4.90. The van der Waals surface area contributed by atoms with Crippen molar-refractivity contribution >= 4 is 18.0 Å². The number of piperidine rings is 3. The Balaban J connectivity index is 1.57. The van der Waals surface area contributed by atoms with Crippen LogP contribution < -0.4 is 0 Å². The molecule has 1 aromatic rings. The van der Waals surface area contributed by atoms with Crippen LogP contribution in [-0.2, 0) is 14.3 Å². The molecule has 0 amide bonds. The van der Waals surface area contributed by atoms with E-state index in [-0.39, 0.29) is 17.5 Å². The minimum atomic E-state index is -0.731. The van der Waals surface area contributed by atoms with Gasteiger partial charge in [-0.25, -0.2) is 9.59 Å². The Kier molecular flexibility index (Phi) is 4.34.